The highest BCUT2D eigenvalue weighted by Crippen LogP contribution is 2.61. The number of allylic oxidation sites excluding steroid dienone is 17. The van der Waals surface area contributed by atoms with Crippen LogP contribution in [0.2, 0.25) is 0 Å². The standard InChI is InChI=1S/C130H99N3/c1-2-30-89(79-80-131-126-52-25-22-49-120(126)121-50-23-26-53-127(121)131)91-61-68-110(69-62-91)132(111-70-63-92(64-71-111)96-35-28-37-98(81-96)100-56-55-90-31-18-19-34-95(90)83-100)113-74-77-119-117-76-67-105(86-123(117)130(125(119)87-113,108-43-14-6-15-44-108)109-45-16-7-17-46-109)104-60-59-102-84-101(57-58-103(102)85-104)99-38-29-36-97(82-99)93-65-72-112(73-66-93)133(128-54-27-21-47-115(128)94-32-8-3-9-33-94)114-75-78-118-116-48-20-24-51-122(116)129(124(118)88-114,106-39-10-4-11-40-106)107-41-12-5-13-42-107/h2-18,20-33,35-68,70,72-79,81-83,85-88,102,110-111H,19,34,69,71,80,84H2,1H3/b30-2-,89-79+. The van der Waals surface area contributed by atoms with E-state index in [-0.39, 0.29) is 18.0 Å². The van der Waals surface area contributed by atoms with Crippen molar-refractivity contribution in [2.24, 2.45) is 5.92 Å². The first-order chi connectivity index (χ1) is 65.9. The molecule has 0 spiro atoms. The highest BCUT2D eigenvalue weighted by atomic mass is 15.2. The van der Waals surface area contributed by atoms with Crippen LogP contribution in [0.25, 0.3) is 100 Å². The van der Waals surface area contributed by atoms with Gasteiger partial charge in [0.25, 0.3) is 0 Å². The smallest absolute Gasteiger partial charge is 0.0714 e. The number of rotatable bonds is 20. The summed E-state index contributed by atoms with van der Waals surface area (Å²) in [5, 5.41) is 2.58. The van der Waals surface area contributed by atoms with Gasteiger partial charge in [0, 0.05) is 56.9 Å². The zero-order valence-corrected chi connectivity index (χ0v) is 74.6. The highest BCUT2D eigenvalue weighted by molar-refractivity contribution is 6.08. The van der Waals surface area contributed by atoms with Crippen molar-refractivity contribution in [1.82, 2.24) is 4.57 Å². The molecule has 1 aromatic heterocycles. The predicted octanol–water partition coefficient (Wildman–Crippen LogP) is 32.6. The lowest BCUT2D eigenvalue weighted by molar-refractivity contribution is 0.614. The van der Waals surface area contributed by atoms with Gasteiger partial charge in [0.1, 0.15) is 0 Å². The maximum atomic E-state index is 2.75. The van der Waals surface area contributed by atoms with Crippen LogP contribution in [0.5, 0.6) is 0 Å². The van der Waals surface area contributed by atoms with Gasteiger partial charge in [-0.25, -0.2) is 0 Å². The van der Waals surface area contributed by atoms with Crippen molar-refractivity contribution in [3.8, 4) is 55.6 Å². The normalized spacial score (nSPS) is 17.0. The quantitative estimate of drug-likeness (QED) is 0.0705. The molecule has 7 aliphatic rings. The Morgan fingerprint density at radius 3 is 1.54 bits per heavy atom. The monoisotopic (exact) mass is 1700 g/mol. The first-order valence-electron chi connectivity index (χ1n) is 47.3. The van der Waals surface area contributed by atoms with Gasteiger partial charge in [-0.05, 0) is 268 Å². The highest BCUT2D eigenvalue weighted by Gasteiger charge is 2.49. The number of anilines is 4. The number of aryl methyl sites for hydroxylation is 1. The fraction of sp³-hybridized carbons (Fsp3) is 0.0923. The molecule has 3 unspecified atom stereocenters. The van der Waals surface area contributed by atoms with E-state index in [2.05, 4.69) is 513 Å². The van der Waals surface area contributed by atoms with Crippen LogP contribution in [0.3, 0.4) is 0 Å². The molecule has 3 nitrogen and oxygen atoms in total. The van der Waals surface area contributed by atoms with Crippen LogP contribution in [0, 0.1) is 5.92 Å². The summed E-state index contributed by atoms with van der Waals surface area (Å²) >= 11 is 0. The Morgan fingerprint density at radius 2 is 0.880 bits per heavy atom. The molecule has 0 bridgehead atoms. The van der Waals surface area contributed by atoms with Crippen molar-refractivity contribution in [2.75, 3.05) is 9.80 Å². The number of benzene rings is 16. The molecule has 0 N–H and O–H groups in total. The average molecular weight is 1700 g/mol. The van der Waals surface area contributed by atoms with Crippen LogP contribution in [0.15, 0.2) is 502 Å². The summed E-state index contributed by atoms with van der Waals surface area (Å²) in [6.45, 7) is 2.90. The third-order valence-electron chi connectivity index (χ3n) is 29.2. The third kappa shape index (κ3) is 14.1. The SMILES string of the molecule is C/C=C\C(=C/Cn1c2ccccc2c2ccccc21)C1=CCC(N(c2ccc3c(c2)C(c2ccccc2)(c2ccccc2)c2cc(C4=CC5=CC=C(c6cccc(-c7ccc(N(c8ccc9c(c8)C(c8ccccc8)(c8ccccc8)c8ccccc8-9)c8ccccc8-c8ccccc8)cc7)c6)CC5C=C4)ccc2-3)C2C=CC(c3cccc(-c4ccc5c(c4)CCC=C5)c3)=CC2)C=C1. The Morgan fingerprint density at radius 1 is 0.376 bits per heavy atom. The molecule has 17 aromatic rings. The van der Waals surface area contributed by atoms with E-state index in [9.17, 15) is 0 Å². The molecule has 0 aliphatic heterocycles. The molecule has 3 atom stereocenters. The number of para-hydroxylation sites is 3. The van der Waals surface area contributed by atoms with Crippen LogP contribution in [0.4, 0.5) is 22.7 Å². The largest absolute Gasteiger partial charge is 0.358 e. The lowest BCUT2D eigenvalue weighted by Gasteiger charge is -2.40. The fourth-order valence-corrected chi connectivity index (χ4v) is 23.0. The van der Waals surface area contributed by atoms with E-state index in [1.165, 1.54) is 183 Å². The summed E-state index contributed by atoms with van der Waals surface area (Å²) in [5.74, 6) is 0.225. The van der Waals surface area contributed by atoms with Gasteiger partial charge in [-0.3, -0.25) is 0 Å². The Bertz CT molecular complexity index is 7670. The van der Waals surface area contributed by atoms with E-state index in [4.69, 9.17) is 0 Å². The molecular weight excluding hydrogens is 1600 g/mol. The predicted molar refractivity (Wildman–Crippen MR) is 560 cm³/mol. The molecule has 1 heterocycles. The molecule has 0 saturated carbocycles. The molecule has 0 radical (unpaired) electrons. The van der Waals surface area contributed by atoms with Crippen LogP contribution in [-0.4, -0.2) is 16.7 Å². The van der Waals surface area contributed by atoms with E-state index in [0.29, 0.717) is 0 Å². The van der Waals surface area contributed by atoms with Crippen LogP contribution in [-0.2, 0) is 23.8 Å². The molecule has 133 heavy (non-hydrogen) atoms. The Hall–Kier alpha value is -15.9. The Labute approximate surface area is 780 Å². The van der Waals surface area contributed by atoms with Gasteiger partial charge < -0.3 is 14.4 Å². The second-order valence-electron chi connectivity index (χ2n) is 36.5. The van der Waals surface area contributed by atoms with Crippen molar-refractivity contribution in [1.29, 1.82) is 0 Å². The third-order valence-corrected chi connectivity index (χ3v) is 29.2. The molecule has 0 saturated heterocycles. The maximum Gasteiger partial charge on any atom is 0.0714 e. The van der Waals surface area contributed by atoms with Gasteiger partial charge in [-0.15, -0.1) is 0 Å². The molecule has 24 rings (SSSR count). The minimum atomic E-state index is -0.663. The summed E-state index contributed by atoms with van der Waals surface area (Å²) in [5.41, 5.74) is 42.3. The average Bonchev–Trinajstić information content (AvgIpc) is 1.80. The number of aromatic nitrogens is 1. The van der Waals surface area contributed by atoms with E-state index < -0.39 is 10.8 Å². The molecule has 0 fully saturated rings. The zero-order valence-electron chi connectivity index (χ0n) is 74.6. The minimum absolute atomic E-state index is 0.0554. The lowest BCUT2D eigenvalue weighted by Crippen LogP contribution is -2.42. The van der Waals surface area contributed by atoms with Gasteiger partial charge in [0.05, 0.1) is 28.6 Å². The second kappa shape index (κ2) is 34.2. The van der Waals surface area contributed by atoms with Crippen molar-refractivity contribution in [2.45, 2.75) is 68.5 Å². The number of hydrogen-bond acceptors (Lipinski definition) is 2. The summed E-state index contributed by atoms with van der Waals surface area (Å²) in [6, 6.07) is 148. The number of nitrogens with zero attached hydrogens (tertiary/aromatic N) is 3. The van der Waals surface area contributed by atoms with Gasteiger partial charge >= 0.3 is 0 Å². The van der Waals surface area contributed by atoms with E-state index in [1.54, 1.807) is 0 Å². The molecule has 7 aliphatic carbocycles. The maximum absolute atomic E-state index is 2.75. The van der Waals surface area contributed by atoms with Gasteiger partial charge in [0.15, 0.2) is 0 Å². The topological polar surface area (TPSA) is 11.4 Å². The molecule has 3 heteroatoms. The summed E-state index contributed by atoms with van der Waals surface area (Å²) in [6.07, 6.45) is 43.2. The Kier molecular flexibility index (Phi) is 20.6. The second-order valence-corrected chi connectivity index (χ2v) is 36.5. The molecule has 0 amide bonds. The zero-order chi connectivity index (χ0) is 88.3. The van der Waals surface area contributed by atoms with Crippen LogP contribution >= 0.6 is 0 Å². The molecule has 634 valence electrons. The van der Waals surface area contributed by atoms with Crippen molar-refractivity contribution in [3.63, 3.8) is 0 Å². The summed E-state index contributed by atoms with van der Waals surface area (Å²) < 4.78 is 2.47. The first-order valence-corrected chi connectivity index (χ1v) is 47.3. The first kappa shape index (κ1) is 80.4. The van der Waals surface area contributed by atoms with E-state index in [1.807, 2.05) is 0 Å². The van der Waals surface area contributed by atoms with E-state index >= 15 is 0 Å². The molecular formula is C130H99N3. The fourth-order valence-electron chi connectivity index (χ4n) is 23.0. The lowest BCUT2D eigenvalue weighted by atomic mass is 9.67. The Balaban J connectivity index is 0.552. The number of hydrogen-bond donors (Lipinski definition) is 0. The van der Waals surface area contributed by atoms with Crippen LogP contribution in [0.1, 0.15) is 105 Å². The molecule has 16 aromatic carbocycles. The van der Waals surface area contributed by atoms with Crippen molar-refractivity contribution in [3.05, 3.63) is 574 Å². The van der Waals surface area contributed by atoms with Crippen LogP contribution < -0.4 is 9.80 Å². The van der Waals surface area contributed by atoms with Crippen molar-refractivity contribution < 1.29 is 0 Å². The van der Waals surface area contributed by atoms with Gasteiger partial charge in [-0.1, -0.05) is 419 Å². The van der Waals surface area contributed by atoms with Crippen molar-refractivity contribution >= 4 is 67.4 Å². The van der Waals surface area contributed by atoms with Gasteiger partial charge in [0.2, 0.25) is 0 Å². The number of fused-ring (bicyclic) bond motifs is 11. The minimum Gasteiger partial charge on any atom is -0.358 e. The summed E-state index contributed by atoms with van der Waals surface area (Å²) in [7, 11) is 0. The van der Waals surface area contributed by atoms with E-state index in [0.717, 1.165) is 61.3 Å². The summed E-state index contributed by atoms with van der Waals surface area (Å²) in [4.78, 5) is 5.22. The van der Waals surface area contributed by atoms with Gasteiger partial charge in [-0.2, -0.15) is 0 Å².